The van der Waals surface area contributed by atoms with Gasteiger partial charge in [-0.05, 0) is 30.2 Å². The van der Waals surface area contributed by atoms with Crippen LogP contribution in [-0.2, 0) is 13.0 Å². The second-order valence-corrected chi connectivity index (χ2v) is 6.90. The largest absolute Gasteiger partial charge is 0.493 e. The smallest absolute Gasteiger partial charge is 0.270 e. The molecule has 1 atom stereocenters. The number of aromatic nitrogens is 1. The van der Waals surface area contributed by atoms with Crippen LogP contribution in [0.15, 0.2) is 66.9 Å². The molecule has 6 heteroatoms. The first-order valence-electron chi connectivity index (χ1n) is 9.56. The summed E-state index contributed by atoms with van der Waals surface area (Å²) in [6.45, 7) is 0.985. The Balaban J connectivity index is 1.39. The monoisotopic (exact) mass is 389 g/mol. The van der Waals surface area contributed by atoms with Crippen LogP contribution in [0.1, 0.15) is 21.6 Å². The van der Waals surface area contributed by atoms with Gasteiger partial charge in [0.25, 0.3) is 5.91 Å². The average molecular weight is 389 g/mol. The lowest BCUT2D eigenvalue weighted by molar-refractivity contribution is 0.0946. The highest BCUT2D eigenvalue weighted by molar-refractivity contribution is 5.93. The van der Waals surface area contributed by atoms with Crippen molar-refractivity contribution in [2.45, 2.75) is 19.0 Å². The SMILES string of the molecule is COc1cccc2c1OCC(Nc1ccnc(C(=O)NCc3ccccc3)c1)C2. The number of carbonyl (C=O) groups is 1. The molecule has 0 spiro atoms. The van der Waals surface area contributed by atoms with Crippen LogP contribution < -0.4 is 20.1 Å². The molecule has 0 bridgehead atoms. The number of nitrogens with one attached hydrogen (secondary N) is 2. The Morgan fingerprint density at radius 2 is 2.03 bits per heavy atom. The number of carbonyl (C=O) groups excluding carboxylic acids is 1. The number of fused-ring (bicyclic) bond motifs is 1. The number of pyridine rings is 1. The number of methoxy groups -OCH3 is 1. The van der Waals surface area contributed by atoms with Crippen LogP contribution >= 0.6 is 0 Å². The number of rotatable bonds is 6. The van der Waals surface area contributed by atoms with E-state index in [4.69, 9.17) is 9.47 Å². The molecule has 4 rings (SSSR count). The number of para-hydroxylation sites is 1. The van der Waals surface area contributed by atoms with Crippen molar-refractivity contribution in [3.8, 4) is 11.5 Å². The van der Waals surface area contributed by atoms with Crippen molar-refractivity contribution in [2.24, 2.45) is 0 Å². The molecule has 148 valence electrons. The third-order valence-corrected chi connectivity index (χ3v) is 4.83. The topological polar surface area (TPSA) is 72.5 Å². The van der Waals surface area contributed by atoms with Gasteiger partial charge in [0.1, 0.15) is 12.3 Å². The highest BCUT2D eigenvalue weighted by Gasteiger charge is 2.22. The molecule has 1 amide bonds. The molecule has 1 aliphatic heterocycles. The van der Waals surface area contributed by atoms with Crippen molar-refractivity contribution in [3.63, 3.8) is 0 Å². The molecule has 29 heavy (non-hydrogen) atoms. The third kappa shape index (κ3) is 4.48. The van der Waals surface area contributed by atoms with Crippen molar-refractivity contribution in [1.29, 1.82) is 0 Å². The van der Waals surface area contributed by atoms with Gasteiger partial charge in [-0.15, -0.1) is 0 Å². The van der Waals surface area contributed by atoms with Crippen molar-refractivity contribution in [1.82, 2.24) is 10.3 Å². The van der Waals surface area contributed by atoms with E-state index >= 15 is 0 Å². The summed E-state index contributed by atoms with van der Waals surface area (Å²) in [6.07, 6.45) is 2.45. The maximum absolute atomic E-state index is 12.5. The van der Waals surface area contributed by atoms with Crippen molar-refractivity contribution >= 4 is 11.6 Å². The quantitative estimate of drug-likeness (QED) is 0.676. The molecule has 1 unspecified atom stereocenters. The van der Waals surface area contributed by atoms with Gasteiger partial charge in [0, 0.05) is 24.0 Å². The normalized spacial score (nSPS) is 15.0. The maximum Gasteiger partial charge on any atom is 0.270 e. The zero-order valence-electron chi connectivity index (χ0n) is 16.2. The lowest BCUT2D eigenvalue weighted by Gasteiger charge is -2.28. The van der Waals surface area contributed by atoms with E-state index in [1.54, 1.807) is 19.4 Å². The Morgan fingerprint density at radius 3 is 2.86 bits per heavy atom. The number of hydrogen-bond donors (Lipinski definition) is 2. The van der Waals surface area contributed by atoms with Crippen molar-refractivity contribution in [2.75, 3.05) is 19.0 Å². The number of hydrogen-bond acceptors (Lipinski definition) is 5. The average Bonchev–Trinajstić information content (AvgIpc) is 2.77. The van der Waals surface area contributed by atoms with Crippen LogP contribution in [0, 0.1) is 0 Å². The molecular formula is C23H23N3O3. The van der Waals surface area contributed by atoms with Gasteiger partial charge in [0.05, 0.1) is 13.2 Å². The molecule has 0 radical (unpaired) electrons. The first-order chi connectivity index (χ1) is 14.2. The van der Waals surface area contributed by atoms with Gasteiger partial charge < -0.3 is 20.1 Å². The molecule has 6 nitrogen and oxygen atoms in total. The van der Waals surface area contributed by atoms with Crippen LogP contribution in [0.5, 0.6) is 11.5 Å². The lowest BCUT2D eigenvalue weighted by Crippen LogP contribution is -2.33. The van der Waals surface area contributed by atoms with E-state index in [1.165, 1.54) is 0 Å². The van der Waals surface area contributed by atoms with E-state index < -0.39 is 0 Å². The Hall–Kier alpha value is -3.54. The van der Waals surface area contributed by atoms with Crippen LogP contribution in [-0.4, -0.2) is 30.6 Å². The van der Waals surface area contributed by atoms with Gasteiger partial charge in [-0.1, -0.05) is 42.5 Å². The molecule has 2 N–H and O–H groups in total. The molecule has 0 saturated carbocycles. The highest BCUT2D eigenvalue weighted by atomic mass is 16.5. The van der Waals surface area contributed by atoms with E-state index in [2.05, 4.69) is 15.6 Å². The fourth-order valence-electron chi connectivity index (χ4n) is 3.40. The van der Waals surface area contributed by atoms with Gasteiger partial charge in [0.15, 0.2) is 11.5 Å². The second kappa shape index (κ2) is 8.65. The number of benzene rings is 2. The van der Waals surface area contributed by atoms with Crippen LogP contribution in [0.4, 0.5) is 5.69 Å². The summed E-state index contributed by atoms with van der Waals surface area (Å²) in [6, 6.07) is 19.4. The number of amides is 1. The summed E-state index contributed by atoms with van der Waals surface area (Å²) in [5.41, 5.74) is 3.36. The van der Waals surface area contributed by atoms with E-state index in [0.717, 1.165) is 34.7 Å². The Labute approximate surface area is 169 Å². The van der Waals surface area contributed by atoms with E-state index in [1.807, 2.05) is 54.6 Å². The molecule has 1 aliphatic rings. The highest BCUT2D eigenvalue weighted by Crippen LogP contribution is 2.35. The van der Waals surface area contributed by atoms with Crippen molar-refractivity contribution in [3.05, 3.63) is 83.7 Å². The Bertz CT molecular complexity index is 992. The molecule has 1 aromatic heterocycles. The molecule has 2 heterocycles. The zero-order valence-corrected chi connectivity index (χ0v) is 16.2. The van der Waals surface area contributed by atoms with E-state index in [9.17, 15) is 4.79 Å². The summed E-state index contributed by atoms with van der Waals surface area (Å²) in [4.78, 5) is 16.7. The van der Waals surface area contributed by atoms with Crippen LogP contribution in [0.25, 0.3) is 0 Å². The molecule has 3 aromatic rings. The van der Waals surface area contributed by atoms with Gasteiger partial charge in [-0.2, -0.15) is 0 Å². The van der Waals surface area contributed by atoms with Gasteiger partial charge in [0.2, 0.25) is 0 Å². The molecule has 0 saturated heterocycles. The summed E-state index contributed by atoms with van der Waals surface area (Å²) < 4.78 is 11.3. The predicted molar refractivity (Wildman–Crippen MR) is 111 cm³/mol. The summed E-state index contributed by atoms with van der Waals surface area (Å²) in [7, 11) is 1.64. The molecule has 2 aromatic carbocycles. The van der Waals surface area contributed by atoms with E-state index in [-0.39, 0.29) is 11.9 Å². The standard InChI is InChI=1S/C23H23N3O3/c1-28-21-9-5-8-17-12-19(15-29-22(17)21)26-18-10-11-24-20(13-18)23(27)25-14-16-6-3-2-4-7-16/h2-11,13,19H,12,14-15H2,1H3,(H,24,26)(H,25,27). The minimum atomic E-state index is -0.201. The number of ether oxygens (including phenoxy) is 2. The first-order valence-corrected chi connectivity index (χ1v) is 9.56. The Kier molecular flexibility index (Phi) is 5.61. The number of nitrogens with zero attached hydrogens (tertiary/aromatic N) is 1. The second-order valence-electron chi connectivity index (χ2n) is 6.90. The summed E-state index contributed by atoms with van der Waals surface area (Å²) in [5.74, 6) is 1.36. The van der Waals surface area contributed by atoms with Gasteiger partial charge >= 0.3 is 0 Å². The number of anilines is 1. The lowest BCUT2D eigenvalue weighted by atomic mass is 10.0. The Morgan fingerprint density at radius 1 is 1.17 bits per heavy atom. The summed E-state index contributed by atoms with van der Waals surface area (Å²) in [5, 5.41) is 6.35. The molecule has 0 aliphatic carbocycles. The molecule has 0 fully saturated rings. The fourth-order valence-corrected chi connectivity index (χ4v) is 3.40. The van der Waals surface area contributed by atoms with Gasteiger partial charge in [-0.3, -0.25) is 9.78 Å². The van der Waals surface area contributed by atoms with Crippen molar-refractivity contribution < 1.29 is 14.3 Å². The van der Waals surface area contributed by atoms with Crippen LogP contribution in [0.2, 0.25) is 0 Å². The first kappa shape index (κ1) is 18.8. The molecular weight excluding hydrogens is 366 g/mol. The minimum absolute atomic E-state index is 0.0947. The minimum Gasteiger partial charge on any atom is -0.493 e. The maximum atomic E-state index is 12.5. The summed E-state index contributed by atoms with van der Waals surface area (Å²) >= 11 is 0. The van der Waals surface area contributed by atoms with E-state index in [0.29, 0.717) is 18.8 Å². The third-order valence-electron chi connectivity index (χ3n) is 4.83. The van der Waals surface area contributed by atoms with Gasteiger partial charge in [-0.25, -0.2) is 0 Å². The predicted octanol–water partition coefficient (Wildman–Crippen LogP) is 3.44. The van der Waals surface area contributed by atoms with Crippen LogP contribution in [0.3, 0.4) is 0 Å². The fraction of sp³-hybridized carbons (Fsp3) is 0.217. The zero-order chi connectivity index (χ0) is 20.1.